The average molecular weight is 309 g/mol. The SMILES string of the molecule is Nc1cc(N2CCC[C@H]3CCCC[C@H]32)ccc1S(N)(=O)=O. The van der Waals surface area contributed by atoms with Crippen molar-refractivity contribution in [1.29, 1.82) is 0 Å². The van der Waals surface area contributed by atoms with Crippen LogP contribution in [0.5, 0.6) is 0 Å². The molecule has 4 N–H and O–H groups in total. The lowest BCUT2D eigenvalue weighted by atomic mass is 9.78. The Morgan fingerprint density at radius 2 is 1.81 bits per heavy atom. The lowest BCUT2D eigenvalue weighted by Gasteiger charge is -2.45. The van der Waals surface area contributed by atoms with Gasteiger partial charge in [-0.25, -0.2) is 13.6 Å². The molecule has 116 valence electrons. The van der Waals surface area contributed by atoms with E-state index in [0.29, 0.717) is 6.04 Å². The highest BCUT2D eigenvalue weighted by molar-refractivity contribution is 7.89. The molecule has 1 aliphatic carbocycles. The van der Waals surface area contributed by atoms with E-state index >= 15 is 0 Å². The summed E-state index contributed by atoms with van der Waals surface area (Å²) in [4.78, 5) is 2.43. The molecule has 1 saturated carbocycles. The number of hydrogen-bond donors (Lipinski definition) is 2. The minimum absolute atomic E-state index is 0.0171. The molecule has 1 aromatic rings. The monoisotopic (exact) mass is 309 g/mol. The molecule has 0 unspecified atom stereocenters. The second-order valence-corrected chi connectivity index (χ2v) is 7.74. The molecule has 0 aromatic heterocycles. The van der Waals surface area contributed by atoms with Crippen LogP contribution >= 0.6 is 0 Å². The van der Waals surface area contributed by atoms with Gasteiger partial charge in [-0.1, -0.05) is 12.8 Å². The summed E-state index contributed by atoms with van der Waals surface area (Å²) in [6, 6.07) is 5.71. The molecular weight excluding hydrogens is 286 g/mol. The number of primary sulfonamides is 1. The summed E-state index contributed by atoms with van der Waals surface area (Å²) in [5, 5.41) is 5.17. The van der Waals surface area contributed by atoms with E-state index in [-0.39, 0.29) is 10.6 Å². The number of rotatable bonds is 2. The van der Waals surface area contributed by atoms with Crippen molar-refractivity contribution in [3.63, 3.8) is 0 Å². The van der Waals surface area contributed by atoms with Gasteiger partial charge in [-0.15, -0.1) is 0 Å². The van der Waals surface area contributed by atoms with Gasteiger partial charge in [-0.05, 0) is 49.8 Å². The quantitative estimate of drug-likeness (QED) is 0.818. The standard InChI is InChI=1S/C15H23N3O2S/c16-13-10-12(7-8-15(13)21(17,19)20)18-9-3-5-11-4-1-2-6-14(11)18/h7-8,10-11,14H,1-6,9,16H2,(H2,17,19,20)/t11-,14-/m1/s1. The van der Waals surface area contributed by atoms with Crippen LogP contribution in [-0.4, -0.2) is 21.0 Å². The zero-order valence-electron chi connectivity index (χ0n) is 12.2. The van der Waals surface area contributed by atoms with E-state index in [1.807, 2.05) is 6.07 Å². The molecule has 0 radical (unpaired) electrons. The van der Waals surface area contributed by atoms with Crippen molar-refractivity contribution in [3.8, 4) is 0 Å². The smallest absolute Gasteiger partial charge is 0.240 e. The first-order valence-corrected chi connectivity index (χ1v) is 9.20. The topological polar surface area (TPSA) is 89.4 Å². The Morgan fingerprint density at radius 1 is 1.10 bits per heavy atom. The van der Waals surface area contributed by atoms with Crippen molar-refractivity contribution in [2.45, 2.75) is 49.5 Å². The lowest BCUT2D eigenvalue weighted by molar-refractivity contribution is 0.244. The number of hydrogen-bond acceptors (Lipinski definition) is 4. The molecule has 0 spiro atoms. The van der Waals surface area contributed by atoms with Crippen LogP contribution in [-0.2, 0) is 10.0 Å². The van der Waals surface area contributed by atoms with Crippen molar-refractivity contribution in [3.05, 3.63) is 18.2 Å². The van der Waals surface area contributed by atoms with Gasteiger partial charge in [0.1, 0.15) is 4.90 Å². The maximum absolute atomic E-state index is 11.5. The number of fused-ring (bicyclic) bond motifs is 1. The molecule has 2 fully saturated rings. The van der Waals surface area contributed by atoms with Crippen molar-refractivity contribution < 1.29 is 8.42 Å². The normalized spacial score (nSPS) is 26.4. The van der Waals surface area contributed by atoms with E-state index in [1.54, 1.807) is 6.07 Å². The molecule has 0 amide bonds. The van der Waals surface area contributed by atoms with Gasteiger partial charge in [-0.2, -0.15) is 0 Å². The van der Waals surface area contributed by atoms with E-state index in [2.05, 4.69) is 4.90 Å². The Labute approximate surface area is 126 Å². The van der Waals surface area contributed by atoms with E-state index in [9.17, 15) is 8.42 Å². The lowest BCUT2D eigenvalue weighted by Crippen LogP contribution is -2.46. The van der Waals surface area contributed by atoms with Crippen LogP contribution in [0.15, 0.2) is 23.1 Å². The van der Waals surface area contributed by atoms with Gasteiger partial charge in [-0.3, -0.25) is 0 Å². The summed E-state index contributed by atoms with van der Waals surface area (Å²) in [6.07, 6.45) is 7.65. The maximum Gasteiger partial charge on any atom is 0.240 e. The summed E-state index contributed by atoms with van der Waals surface area (Å²) >= 11 is 0. The first-order valence-electron chi connectivity index (χ1n) is 7.66. The molecule has 6 heteroatoms. The van der Waals surface area contributed by atoms with E-state index in [1.165, 1.54) is 44.6 Å². The number of anilines is 2. The molecular formula is C15H23N3O2S. The van der Waals surface area contributed by atoms with Crippen molar-refractivity contribution in [1.82, 2.24) is 0 Å². The molecule has 1 aliphatic heterocycles. The zero-order chi connectivity index (χ0) is 15.0. The molecule has 1 aromatic carbocycles. The predicted molar refractivity (Wildman–Crippen MR) is 84.6 cm³/mol. The number of piperidine rings is 1. The molecule has 5 nitrogen and oxygen atoms in total. The van der Waals surface area contributed by atoms with Gasteiger partial charge in [0.2, 0.25) is 10.0 Å². The molecule has 1 saturated heterocycles. The fourth-order valence-electron chi connectivity index (χ4n) is 3.92. The Morgan fingerprint density at radius 3 is 2.52 bits per heavy atom. The van der Waals surface area contributed by atoms with Crippen LogP contribution in [0.3, 0.4) is 0 Å². The van der Waals surface area contributed by atoms with Gasteiger partial charge in [0.05, 0.1) is 5.69 Å². The average Bonchev–Trinajstić information content (AvgIpc) is 2.45. The van der Waals surface area contributed by atoms with Crippen LogP contribution < -0.4 is 15.8 Å². The van der Waals surface area contributed by atoms with Gasteiger partial charge in [0.15, 0.2) is 0 Å². The molecule has 3 rings (SSSR count). The number of benzene rings is 1. The van der Waals surface area contributed by atoms with E-state index in [4.69, 9.17) is 10.9 Å². The summed E-state index contributed by atoms with van der Waals surface area (Å²) in [5.41, 5.74) is 7.16. The summed E-state index contributed by atoms with van der Waals surface area (Å²) in [7, 11) is -3.75. The number of nitrogen functional groups attached to an aromatic ring is 1. The van der Waals surface area contributed by atoms with Crippen LogP contribution in [0, 0.1) is 5.92 Å². The molecule has 2 atom stereocenters. The fraction of sp³-hybridized carbons (Fsp3) is 0.600. The first kappa shape index (κ1) is 14.7. The van der Waals surface area contributed by atoms with Crippen LogP contribution in [0.4, 0.5) is 11.4 Å². The van der Waals surface area contributed by atoms with E-state index < -0.39 is 10.0 Å². The number of nitrogens with two attached hydrogens (primary N) is 2. The number of nitrogens with zero attached hydrogens (tertiary/aromatic N) is 1. The number of sulfonamides is 1. The molecule has 21 heavy (non-hydrogen) atoms. The predicted octanol–water partition coefficient (Wildman–Crippen LogP) is 2.08. The zero-order valence-corrected chi connectivity index (χ0v) is 13.0. The van der Waals surface area contributed by atoms with E-state index in [0.717, 1.165) is 18.2 Å². The van der Waals surface area contributed by atoms with Crippen molar-refractivity contribution in [2.75, 3.05) is 17.2 Å². The van der Waals surface area contributed by atoms with Crippen molar-refractivity contribution in [2.24, 2.45) is 11.1 Å². The molecule has 0 bridgehead atoms. The highest BCUT2D eigenvalue weighted by Crippen LogP contribution is 2.38. The molecule has 1 heterocycles. The Kier molecular flexibility index (Phi) is 3.84. The van der Waals surface area contributed by atoms with Crippen molar-refractivity contribution >= 4 is 21.4 Å². The second kappa shape index (κ2) is 5.50. The third-order valence-corrected chi connectivity index (χ3v) is 5.86. The molecule has 2 aliphatic rings. The fourth-order valence-corrected chi connectivity index (χ4v) is 4.56. The second-order valence-electron chi connectivity index (χ2n) is 6.21. The summed E-state index contributed by atoms with van der Waals surface area (Å²) in [6.45, 7) is 1.02. The Bertz CT molecular complexity index is 628. The van der Waals surface area contributed by atoms with Gasteiger partial charge in [0, 0.05) is 18.3 Å². The van der Waals surface area contributed by atoms with Gasteiger partial charge >= 0.3 is 0 Å². The highest BCUT2D eigenvalue weighted by Gasteiger charge is 2.33. The summed E-state index contributed by atoms with van der Waals surface area (Å²) in [5.74, 6) is 0.770. The minimum Gasteiger partial charge on any atom is -0.398 e. The van der Waals surface area contributed by atoms with Gasteiger partial charge < -0.3 is 10.6 Å². The maximum atomic E-state index is 11.5. The third-order valence-electron chi connectivity index (χ3n) is 4.87. The Hall–Kier alpha value is -1.27. The minimum atomic E-state index is -3.75. The van der Waals surface area contributed by atoms with Crippen LogP contribution in [0.2, 0.25) is 0 Å². The highest BCUT2D eigenvalue weighted by atomic mass is 32.2. The van der Waals surface area contributed by atoms with Crippen LogP contribution in [0.1, 0.15) is 38.5 Å². The Balaban J connectivity index is 1.91. The first-order chi connectivity index (χ1) is 9.97. The van der Waals surface area contributed by atoms with Crippen LogP contribution in [0.25, 0.3) is 0 Å². The summed E-state index contributed by atoms with van der Waals surface area (Å²) < 4.78 is 22.9. The largest absolute Gasteiger partial charge is 0.398 e. The third kappa shape index (κ3) is 2.87. The van der Waals surface area contributed by atoms with Gasteiger partial charge in [0.25, 0.3) is 0 Å².